The van der Waals surface area contributed by atoms with Gasteiger partial charge in [0.2, 0.25) is 0 Å². The van der Waals surface area contributed by atoms with Gasteiger partial charge in [-0.15, -0.1) is 0 Å². The van der Waals surface area contributed by atoms with Crippen LogP contribution in [0.25, 0.3) is 10.8 Å². The molecule has 1 aliphatic heterocycles. The third-order valence-electron chi connectivity index (χ3n) is 4.85. The predicted molar refractivity (Wildman–Crippen MR) is 96.5 cm³/mol. The molecule has 1 N–H and O–H groups in total. The van der Waals surface area contributed by atoms with Crippen molar-refractivity contribution in [2.75, 3.05) is 20.3 Å². The average Bonchev–Trinajstić information content (AvgIpc) is 2.62. The van der Waals surface area contributed by atoms with Gasteiger partial charge in [-0.1, -0.05) is 72.8 Å². The van der Waals surface area contributed by atoms with E-state index in [0.717, 1.165) is 13.2 Å². The van der Waals surface area contributed by atoms with Gasteiger partial charge in [0.25, 0.3) is 0 Å². The number of benzene rings is 3. The number of nitrogens with one attached hydrogen (secondary N) is 1. The van der Waals surface area contributed by atoms with E-state index in [1.165, 1.54) is 21.9 Å². The van der Waals surface area contributed by atoms with Crippen LogP contribution in [0, 0.1) is 0 Å². The second-order valence-electron chi connectivity index (χ2n) is 6.50. The van der Waals surface area contributed by atoms with E-state index in [2.05, 4.69) is 90.1 Å². The quantitative estimate of drug-likeness (QED) is 0.765. The highest BCUT2D eigenvalue weighted by molar-refractivity contribution is 5.83. The zero-order valence-corrected chi connectivity index (χ0v) is 13.4. The van der Waals surface area contributed by atoms with Crippen LogP contribution in [0.15, 0.2) is 72.8 Å². The average molecular weight is 302 g/mol. The molecule has 116 valence electrons. The summed E-state index contributed by atoms with van der Waals surface area (Å²) in [4.78, 5) is 2.36. The third kappa shape index (κ3) is 2.88. The van der Waals surface area contributed by atoms with E-state index in [-0.39, 0.29) is 0 Å². The molecule has 0 saturated carbocycles. The molecule has 0 radical (unpaired) electrons. The van der Waals surface area contributed by atoms with Gasteiger partial charge < -0.3 is 0 Å². The Morgan fingerprint density at radius 2 is 1.57 bits per heavy atom. The number of nitrogens with zero attached hydrogens (tertiary/aromatic N) is 1. The summed E-state index contributed by atoms with van der Waals surface area (Å²) in [5, 5.41) is 6.34. The van der Waals surface area contributed by atoms with Gasteiger partial charge in [-0.3, -0.25) is 10.2 Å². The molecule has 0 spiro atoms. The smallest absolute Gasteiger partial charge is 0.0482 e. The van der Waals surface area contributed by atoms with E-state index in [9.17, 15) is 0 Å². The van der Waals surface area contributed by atoms with Gasteiger partial charge in [0.05, 0.1) is 0 Å². The zero-order valence-electron chi connectivity index (χ0n) is 13.4. The Morgan fingerprint density at radius 1 is 0.826 bits per heavy atom. The Morgan fingerprint density at radius 3 is 2.39 bits per heavy atom. The minimum absolute atomic E-state index is 0.369. The topological polar surface area (TPSA) is 15.3 Å². The van der Waals surface area contributed by atoms with Gasteiger partial charge in [0.15, 0.2) is 0 Å². The van der Waals surface area contributed by atoms with Crippen LogP contribution >= 0.6 is 0 Å². The molecule has 2 heteroatoms. The van der Waals surface area contributed by atoms with Crippen molar-refractivity contribution in [3.8, 4) is 0 Å². The highest BCUT2D eigenvalue weighted by Gasteiger charge is 2.29. The van der Waals surface area contributed by atoms with Gasteiger partial charge >= 0.3 is 0 Å². The maximum Gasteiger partial charge on any atom is 0.0482 e. The van der Waals surface area contributed by atoms with Crippen LogP contribution in [0.5, 0.6) is 0 Å². The van der Waals surface area contributed by atoms with Gasteiger partial charge in [-0.2, -0.15) is 0 Å². The first-order valence-corrected chi connectivity index (χ1v) is 8.27. The number of fused-ring (bicyclic) bond motifs is 1. The third-order valence-corrected chi connectivity index (χ3v) is 4.85. The Kier molecular flexibility index (Phi) is 3.86. The van der Waals surface area contributed by atoms with Crippen LogP contribution in [-0.2, 0) is 0 Å². The molecule has 0 aromatic heterocycles. The first-order valence-electron chi connectivity index (χ1n) is 8.27. The Labute approximate surface area is 137 Å². The van der Waals surface area contributed by atoms with Crippen molar-refractivity contribution in [1.29, 1.82) is 0 Å². The molecule has 3 aromatic carbocycles. The summed E-state index contributed by atoms with van der Waals surface area (Å²) in [6.07, 6.45) is 0. The lowest BCUT2D eigenvalue weighted by Crippen LogP contribution is -2.46. The molecule has 1 aliphatic rings. The number of hydrogen-bond acceptors (Lipinski definition) is 2. The van der Waals surface area contributed by atoms with Crippen molar-refractivity contribution in [3.05, 3.63) is 83.9 Å². The Hall–Kier alpha value is -2.16. The maximum atomic E-state index is 3.71. The second-order valence-corrected chi connectivity index (χ2v) is 6.50. The van der Waals surface area contributed by atoms with Crippen molar-refractivity contribution < 1.29 is 0 Å². The molecule has 23 heavy (non-hydrogen) atoms. The molecule has 2 nitrogen and oxygen atoms in total. The standard InChI is InChI=1S/C21H22N2/c1-23-14-20(21(22-15-23)17-8-3-2-4-9-17)19-12-11-16-7-5-6-10-18(16)13-19/h2-13,20-22H,14-15H2,1H3/t20?,21-/m1/s1. The van der Waals surface area contributed by atoms with Crippen molar-refractivity contribution in [2.24, 2.45) is 0 Å². The van der Waals surface area contributed by atoms with Crippen molar-refractivity contribution in [3.63, 3.8) is 0 Å². The molecule has 0 aliphatic carbocycles. The molecule has 1 heterocycles. The van der Waals surface area contributed by atoms with Crippen LogP contribution in [0.4, 0.5) is 0 Å². The van der Waals surface area contributed by atoms with Gasteiger partial charge in [0, 0.05) is 25.2 Å². The van der Waals surface area contributed by atoms with Gasteiger partial charge in [0.1, 0.15) is 0 Å². The molecule has 0 bridgehead atoms. The highest BCUT2D eigenvalue weighted by Crippen LogP contribution is 2.35. The Bertz CT molecular complexity index is 797. The number of hydrogen-bond donors (Lipinski definition) is 1. The molecule has 0 amide bonds. The van der Waals surface area contributed by atoms with E-state index in [1.54, 1.807) is 0 Å². The number of likely N-dealkylation sites (N-methyl/N-ethyl adjacent to an activating group) is 1. The van der Waals surface area contributed by atoms with Crippen LogP contribution in [-0.4, -0.2) is 25.2 Å². The van der Waals surface area contributed by atoms with Crippen molar-refractivity contribution in [2.45, 2.75) is 12.0 Å². The molecular weight excluding hydrogens is 280 g/mol. The highest BCUT2D eigenvalue weighted by atomic mass is 15.2. The Balaban J connectivity index is 1.75. The zero-order chi connectivity index (χ0) is 15.6. The van der Waals surface area contributed by atoms with E-state index in [1.807, 2.05) is 0 Å². The first-order chi connectivity index (χ1) is 11.3. The summed E-state index contributed by atoms with van der Waals surface area (Å²) in [6.45, 7) is 2.01. The summed E-state index contributed by atoms with van der Waals surface area (Å²) >= 11 is 0. The molecule has 4 rings (SSSR count). The molecule has 2 atom stereocenters. The summed E-state index contributed by atoms with van der Waals surface area (Å²) in [6, 6.07) is 26.7. The summed E-state index contributed by atoms with van der Waals surface area (Å²) in [5.41, 5.74) is 2.79. The van der Waals surface area contributed by atoms with E-state index in [0.29, 0.717) is 12.0 Å². The predicted octanol–water partition coefficient (Wildman–Crippen LogP) is 4.16. The largest absolute Gasteiger partial charge is 0.297 e. The van der Waals surface area contributed by atoms with Crippen molar-refractivity contribution in [1.82, 2.24) is 10.2 Å². The fourth-order valence-corrected chi connectivity index (χ4v) is 3.65. The lowest BCUT2D eigenvalue weighted by molar-refractivity contribution is 0.193. The second kappa shape index (κ2) is 6.15. The first kappa shape index (κ1) is 14.4. The molecule has 1 saturated heterocycles. The van der Waals surface area contributed by atoms with Crippen LogP contribution < -0.4 is 5.32 Å². The van der Waals surface area contributed by atoms with Crippen LogP contribution in [0.1, 0.15) is 23.1 Å². The lowest BCUT2D eigenvalue weighted by Gasteiger charge is -2.38. The molecular formula is C21H22N2. The van der Waals surface area contributed by atoms with E-state index < -0.39 is 0 Å². The monoisotopic (exact) mass is 302 g/mol. The maximum absolute atomic E-state index is 3.71. The van der Waals surface area contributed by atoms with Crippen LogP contribution in [0.3, 0.4) is 0 Å². The minimum atomic E-state index is 0.369. The SMILES string of the molecule is CN1CN[C@H](c2ccccc2)C(c2ccc3ccccc3c2)C1. The van der Waals surface area contributed by atoms with Crippen LogP contribution in [0.2, 0.25) is 0 Å². The van der Waals surface area contributed by atoms with E-state index >= 15 is 0 Å². The fourth-order valence-electron chi connectivity index (χ4n) is 3.65. The molecule has 3 aromatic rings. The lowest BCUT2D eigenvalue weighted by atomic mass is 9.84. The summed E-state index contributed by atoms with van der Waals surface area (Å²) in [5.74, 6) is 0.459. The van der Waals surface area contributed by atoms with E-state index in [4.69, 9.17) is 0 Å². The van der Waals surface area contributed by atoms with Crippen molar-refractivity contribution >= 4 is 10.8 Å². The van der Waals surface area contributed by atoms with Gasteiger partial charge in [-0.25, -0.2) is 0 Å². The molecule has 1 fully saturated rings. The normalized spacial score (nSPS) is 22.3. The number of rotatable bonds is 2. The summed E-state index contributed by atoms with van der Waals surface area (Å²) < 4.78 is 0. The minimum Gasteiger partial charge on any atom is -0.297 e. The fraction of sp³-hybridized carbons (Fsp3) is 0.238. The summed E-state index contributed by atoms with van der Waals surface area (Å²) in [7, 11) is 2.18. The molecule has 1 unspecified atom stereocenters. The van der Waals surface area contributed by atoms with Gasteiger partial charge in [-0.05, 0) is 28.9 Å².